The van der Waals surface area contributed by atoms with Crippen molar-refractivity contribution in [3.8, 4) is 0 Å². The molecule has 0 spiro atoms. The van der Waals surface area contributed by atoms with E-state index in [2.05, 4.69) is 45.7 Å². The van der Waals surface area contributed by atoms with Gasteiger partial charge in [0.25, 0.3) is 5.91 Å². The van der Waals surface area contributed by atoms with Crippen LogP contribution >= 0.6 is 11.3 Å². The van der Waals surface area contributed by atoms with Crippen molar-refractivity contribution in [2.45, 2.75) is 38.6 Å². The fourth-order valence-corrected chi connectivity index (χ4v) is 4.35. The lowest BCUT2D eigenvalue weighted by atomic mass is 10.1. The molecule has 0 radical (unpaired) electrons. The molecule has 1 amide bonds. The molecule has 1 unspecified atom stereocenters. The molecular weight excluding hydrogens is 358 g/mol. The van der Waals surface area contributed by atoms with E-state index in [4.69, 9.17) is 0 Å². The van der Waals surface area contributed by atoms with Crippen molar-refractivity contribution < 1.29 is 4.79 Å². The number of nitrogens with one attached hydrogen (secondary N) is 1. The van der Waals surface area contributed by atoms with Crippen LogP contribution in [0.2, 0.25) is 0 Å². The molecular formula is C20H25N5OS. The summed E-state index contributed by atoms with van der Waals surface area (Å²) in [5, 5.41) is 13.8. The zero-order valence-electron chi connectivity index (χ0n) is 15.8. The Bertz CT molecular complexity index is 918. The highest BCUT2D eigenvalue weighted by atomic mass is 32.1. The van der Waals surface area contributed by atoms with Gasteiger partial charge in [0.2, 0.25) is 0 Å². The van der Waals surface area contributed by atoms with E-state index in [-0.39, 0.29) is 5.91 Å². The smallest absolute Gasteiger partial charge is 0.252 e. The molecule has 4 rings (SSSR count). The van der Waals surface area contributed by atoms with Crippen LogP contribution in [0.25, 0.3) is 5.65 Å². The lowest BCUT2D eigenvalue weighted by Crippen LogP contribution is -2.28. The maximum Gasteiger partial charge on any atom is 0.252 e. The number of likely N-dealkylation sites (tertiary alicyclic amines) is 1. The van der Waals surface area contributed by atoms with Gasteiger partial charge in [-0.2, -0.15) is 0 Å². The van der Waals surface area contributed by atoms with Crippen LogP contribution in [-0.4, -0.2) is 51.1 Å². The monoisotopic (exact) mass is 383 g/mol. The third-order valence-electron chi connectivity index (χ3n) is 5.24. The Morgan fingerprint density at radius 2 is 2.22 bits per heavy atom. The minimum atomic E-state index is -0.0525. The number of carbonyl (C=O) groups excluding carboxylic acids is 1. The quantitative estimate of drug-likeness (QED) is 0.711. The highest BCUT2D eigenvalue weighted by Crippen LogP contribution is 2.27. The topological polar surface area (TPSA) is 62.5 Å². The first-order chi connectivity index (χ1) is 13.1. The normalized spacial score (nSPS) is 17.8. The van der Waals surface area contributed by atoms with E-state index in [1.165, 1.54) is 4.88 Å². The molecule has 0 bridgehead atoms. The Hall–Kier alpha value is -2.25. The van der Waals surface area contributed by atoms with Gasteiger partial charge in [-0.25, -0.2) is 0 Å². The van der Waals surface area contributed by atoms with Crippen molar-refractivity contribution in [2.24, 2.45) is 0 Å². The number of hydrogen-bond donors (Lipinski definition) is 1. The number of rotatable bonds is 6. The first kappa shape index (κ1) is 18.1. The fraction of sp³-hybridized carbons (Fsp3) is 0.450. The number of carbonyl (C=O) groups is 1. The summed E-state index contributed by atoms with van der Waals surface area (Å²) in [4.78, 5) is 16.3. The number of nitrogens with zero attached hydrogens (tertiary/aromatic N) is 4. The maximum atomic E-state index is 12.5. The van der Waals surface area contributed by atoms with Gasteiger partial charge in [-0.3, -0.25) is 9.20 Å². The zero-order valence-corrected chi connectivity index (χ0v) is 16.6. The number of pyridine rings is 1. The Labute approximate surface area is 163 Å². The first-order valence-electron chi connectivity index (χ1n) is 9.51. The zero-order chi connectivity index (χ0) is 18.8. The van der Waals surface area contributed by atoms with E-state index in [1.54, 1.807) is 11.3 Å². The van der Waals surface area contributed by atoms with Crippen molar-refractivity contribution in [2.75, 3.05) is 19.6 Å². The van der Waals surface area contributed by atoms with Gasteiger partial charge in [0.05, 0.1) is 5.56 Å². The van der Waals surface area contributed by atoms with Crippen molar-refractivity contribution in [1.29, 1.82) is 0 Å². The Morgan fingerprint density at radius 1 is 1.33 bits per heavy atom. The van der Waals surface area contributed by atoms with E-state index in [0.717, 1.165) is 37.4 Å². The van der Waals surface area contributed by atoms with Crippen LogP contribution in [0.3, 0.4) is 0 Å². The van der Waals surface area contributed by atoms with E-state index < -0.39 is 0 Å². The molecule has 1 aliphatic heterocycles. The highest BCUT2D eigenvalue weighted by molar-refractivity contribution is 7.09. The molecule has 6 nitrogen and oxygen atoms in total. The van der Waals surface area contributed by atoms with Gasteiger partial charge < -0.3 is 10.2 Å². The van der Waals surface area contributed by atoms with Crippen LogP contribution in [-0.2, 0) is 6.42 Å². The summed E-state index contributed by atoms with van der Waals surface area (Å²) in [6.45, 7) is 7.17. The molecule has 1 N–H and O–H groups in total. The number of amides is 1. The molecule has 3 aromatic rings. The van der Waals surface area contributed by atoms with Gasteiger partial charge >= 0.3 is 0 Å². The Kier molecular flexibility index (Phi) is 5.22. The van der Waals surface area contributed by atoms with Crippen LogP contribution < -0.4 is 5.32 Å². The second-order valence-electron chi connectivity index (χ2n) is 7.36. The van der Waals surface area contributed by atoms with Gasteiger partial charge in [-0.05, 0) is 56.8 Å². The Morgan fingerprint density at radius 3 is 2.96 bits per heavy atom. The van der Waals surface area contributed by atoms with Gasteiger partial charge in [0.1, 0.15) is 5.82 Å². The second-order valence-corrected chi connectivity index (χ2v) is 8.40. The molecule has 1 atom stereocenters. The molecule has 0 saturated carbocycles. The summed E-state index contributed by atoms with van der Waals surface area (Å²) >= 11 is 1.72. The molecule has 142 valence electrons. The third kappa shape index (κ3) is 3.89. The lowest BCUT2D eigenvalue weighted by Gasteiger charge is -2.19. The van der Waals surface area contributed by atoms with E-state index >= 15 is 0 Å². The van der Waals surface area contributed by atoms with Gasteiger partial charge in [-0.15, -0.1) is 21.5 Å². The van der Waals surface area contributed by atoms with E-state index in [9.17, 15) is 4.79 Å². The van der Waals surface area contributed by atoms with Crippen molar-refractivity contribution in [3.05, 3.63) is 52.1 Å². The van der Waals surface area contributed by atoms with Gasteiger partial charge in [0.15, 0.2) is 5.65 Å². The Balaban J connectivity index is 1.47. The molecule has 1 aliphatic rings. The average Bonchev–Trinajstić information content (AvgIpc) is 3.40. The van der Waals surface area contributed by atoms with Crippen LogP contribution in [0.15, 0.2) is 35.8 Å². The molecule has 27 heavy (non-hydrogen) atoms. The molecule has 0 aliphatic carbocycles. The molecule has 7 heteroatoms. The summed E-state index contributed by atoms with van der Waals surface area (Å²) in [6.07, 6.45) is 3.82. The maximum absolute atomic E-state index is 12.5. The molecule has 4 heterocycles. The molecule has 3 aromatic heterocycles. The number of hydrogen-bond acceptors (Lipinski definition) is 5. The van der Waals surface area contributed by atoms with E-state index in [1.807, 2.05) is 28.8 Å². The van der Waals surface area contributed by atoms with E-state index in [0.29, 0.717) is 24.1 Å². The van der Waals surface area contributed by atoms with Crippen LogP contribution in [0.1, 0.15) is 47.2 Å². The minimum Gasteiger partial charge on any atom is -0.352 e. The van der Waals surface area contributed by atoms with Crippen LogP contribution in [0, 0.1) is 0 Å². The molecule has 0 aromatic carbocycles. The summed E-state index contributed by atoms with van der Waals surface area (Å²) in [7, 11) is 0. The standard InChI is InChI=1S/C20H25N5OS/c1-14(2)24-10-8-15(12-24)19-23-22-18-6-5-16(13-25(18)19)20(26)21-9-7-17-4-3-11-27-17/h3-6,11,13-15H,7-10,12H2,1-2H3,(H,21,26). The predicted molar refractivity (Wildman–Crippen MR) is 107 cm³/mol. The molecule has 1 saturated heterocycles. The van der Waals surface area contributed by atoms with Crippen LogP contribution in [0.5, 0.6) is 0 Å². The average molecular weight is 384 g/mol. The summed E-state index contributed by atoms with van der Waals surface area (Å²) in [5.74, 6) is 1.27. The molecule has 1 fully saturated rings. The summed E-state index contributed by atoms with van der Waals surface area (Å²) < 4.78 is 1.99. The minimum absolute atomic E-state index is 0.0525. The van der Waals surface area contributed by atoms with Crippen molar-refractivity contribution in [3.63, 3.8) is 0 Å². The number of aromatic nitrogens is 3. The van der Waals surface area contributed by atoms with Crippen LogP contribution in [0.4, 0.5) is 0 Å². The second kappa shape index (κ2) is 7.78. The van der Waals surface area contributed by atoms with Crippen molar-refractivity contribution >= 4 is 22.9 Å². The predicted octanol–water partition coefficient (Wildman–Crippen LogP) is 2.96. The van der Waals surface area contributed by atoms with Crippen molar-refractivity contribution in [1.82, 2.24) is 24.8 Å². The van der Waals surface area contributed by atoms with Gasteiger partial charge in [0, 0.05) is 36.1 Å². The first-order valence-corrected chi connectivity index (χ1v) is 10.4. The number of fused-ring (bicyclic) bond motifs is 1. The largest absolute Gasteiger partial charge is 0.352 e. The SMILES string of the molecule is CC(C)N1CCC(c2nnc3ccc(C(=O)NCCc4cccs4)cn23)C1. The van der Waals surface area contributed by atoms with Gasteiger partial charge in [-0.1, -0.05) is 6.07 Å². The number of thiophene rings is 1. The lowest BCUT2D eigenvalue weighted by molar-refractivity contribution is 0.0953. The third-order valence-corrected chi connectivity index (χ3v) is 6.18. The summed E-state index contributed by atoms with van der Waals surface area (Å²) in [5.41, 5.74) is 1.44. The summed E-state index contributed by atoms with van der Waals surface area (Å²) in [6, 6.07) is 8.36. The fourth-order valence-electron chi connectivity index (χ4n) is 3.64. The highest BCUT2D eigenvalue weighted by Gasteiger charge is 2.29.